The van der Waals surface area contributed by atoms with Crippen LogP contribution in [-0.2, 0) is 11.2 Å². The monoisotopic (exact) mass is 381 g/mol. The number of carbonyl (C=O) groups is 1. The molecule has 0 radical (unpaired) electrons. The molecule has 5 rings (SSSR count). The maximum atomic E-state index is 12.5. The summed E-state index contributed by atoms with van der Waals surface area (Å²) in [6, 6.07) is 7.55. The summed E-state index contributed by atoms with van der Waals surface area (Å²) < 4.78 is 27.4. The van der Waals surface area contributed by atoms with E-state index in [0.29, 0.717) is 34.1 Å². The van der Waals surface area contributed by atoms with Gasteiger partial charge >= 0.3 is 5.97 Å². The summed E-state index contributed by atoms with van der Waals surface area (Å²) in [6.45, 7) is 1.20. The Bertz CT molecular complexity index is 1010. The lowest BCUT2D eigenvalue weighted by molar-refractivity contribution is 0.0713. The smallest absolute Gasteiger partial charge is 0.348 e. The second-order valence-electron chi connectivity index (χ2n) is 7.08. The molecule has 0 saturated heterocycles. The first-order valence-electron chi connectivity index (χ1n) is 9.04. The molecule has 0 amide bonds. The molecular weight excluding hydrogens is 362 g/mol. The van der Waals surface area contributed by atoms with Crippen molar-refractivity contribution in [2.75, 3.05) is 34.2 Å². The first-order chi connectivity index (χ1) is 13.6. The second kappa shape index (κ2) is 6.45. The fraction of sp³-hybridized carbons (Fsp3) is 0.286. The number of hydrogen-bond acceptors (Lipinski definition) is 7. The van der Waals surface area contributed by atoms with Gasteiger partial charge in [-0.15, -0.1) is 0 Å². The summed E-state index contributed by atoms with van der Waals surface area (Å²) in [7, 11) is 4.06. The van der Waals surface area contributed by atoms with Crippen LogP contribution in [0.5, 0.6) is 23.0 Å². The van der Waals surface area contributed by atoms with Crippen molar-refractivity contribution >= 4 is 17.8 Å². The number of rotatable bonds is 4. The molecule has 0 spiro atoms. The Morgan fingerprint density at radius 1 is 1.00 bits per heavy atom. The molecule has 0 fully saturated rings. The van der Waals surface area contributed by atoms with Gasteiger partial charge in [-0.2, -0.15) is 0 Å². The molecule has 0 unspecified atom stereocenters. The average molecular weight is 381 g/mol. The number of likely N-dealkylation sites (N-methyl/N-ethyl adjacent to an activating group) is 1. The zero-order valence-corrected chi connectivity index (χ0v) is 15.6. The van der Waals surface area contributed by atoms with E-state index < -0.39 is 5.97 Å². The van der Waals surface area contributed by atoms with Gasteiger partial charge in [0.15, 0.2) is 23.0 Å². The van der Waals surface area contributed by atoms with E-state index in [1.54, 1.807) is 6.07 Å². The van der Waals surface area contributed by atoms with Crippen LogP contribution in [0.25, 0.3) is 11.8 Å². The highest BCUT2D eigenvalue weighted by Gasteiger charge is 2.34. The van der Waals surface area contributed by atoms with Crippen LogP contribution in [0.2, 0.25) is 0 Å². The third-order valence-corrected chi connectivity index (χ3v) is 4.96. The highest BCUT2D eigenvalue weighted by Crippen LogP contribution is 2.45. The van der Waals surface area contributed by atoms with Gasteiger partial charge < -0.3 is 28.6 Å². The van der Waals surface area contributed by atoms with Crippen LogP contribution in [-0.4, -0.2) is 45.1 Å². The number of cyclic esters (lactones) is 1. The Kier molecular flexibility index (Phi) is 3.91. The molecule has 2 aromatic rings. The number of nitrogens with zero attached hydrogens (tertiary/aromatic N) is 1. The van der Waals surface area contributed by atoms with Crippen molar-refractivity contribution in [2.45, 2.75) is 6.42 Å². The van der Waals surface area contributed by atoms with Crippen molar-refractivity contribution < 1.29 is 28.5 Å². The minimum Gasteiger partial charge on any atom is -0.454 e. The Morgan fingerprint density at radius 2 is 1.75 bits per heavy atom. The summed E-state index contributed by atoms with van der Waals surface area (Å²) in [4.78, 5) is 14.6. The lowest BCUT2D eigenvalue weighted by Crippen LogP contribution is -2.15. The molecule has 3 aliphatic rings. The highest BCUT2D eigenvalue weighted by atomic mass is 16.7. The molecule has 3 aliphatic heterocycles. The Balaban J connectivity index is 1.58. The molecule has 2 aromatic carbocycles. The van der Waals surface area contributed by atoms with E-state index in [-0.39, 0.29) is 13.6 Å². The third-order valence-electron chi connectivity index (χ3n) is 4.96. The van der Waals surface area contributed by atoms with Gasteiger partial charge in [-0.25, -0.2) is 4.79 Å². The molecule has 0 aromatic heterocycles. The van der Waals surface area contributed by atoms with Gasteiger partial charge in [0.25, 0.3) is 0 Å². The van der Waals surface area contributed by atoms with Gasteiger partial charge in [0.05, 0.1) is 0 Å². The molecule has 0 saturated carbocycles. The van der Waals surface area contributed by atoms with E-state index in [4.69, 9.17) is 23.7 Å². The van der Waals surface area contributed by atoms with E-state index in [0.717, 1.165) is 29.8 Å². The molecule has 0 N–H and O–H groups in total. The molecule has 7 nitrogen and oxygen atoms in total. The van der Waals surface area contributed by atoms with Gasteiger partial charge in [-0.05, 0) is 62.0 Å². The van der Waals surface area contributed by atoms with Crippen LogP contribution in [0.3, 0.4) is 0 Å². The predicted molar refractivity (Wildman–Crippen MR) is 101 cm³/mol. The minimum absolute atomic E-state index is 0.106. The lowest BCUT2D eigenvalue weighted by atomic mass is 10.00. The van der Waals surface area contributed by atoms with Gasteiger partial charge in [-0.1, -0.05) is 0 Å². The molecule has 3 heterocycles. The van der Waals surface area contributed by atoms with Crippen molar-refractivity contribution in [3.63, 3.8) is 0 Å². The van der Waals surface area contributed by atoms with Crippen LogP contribution in [0.1, 0.15) is 27.0 Å². The average Bonchev–Trinajstić information content (AvgIpc) is 3.38. The molecule has 0 aliphatic carbocycles. The maximum absolute atomic E-state index is 12.5. The molecule has 0 atom stereocenters. The standard InChI is InChI=1S/C21H19NO6/c1-22(2)6-5-12-7-17-18(26-10-25-17)9-13(12)8-16-14-3-4-15-20(27-11-24-15)19(14)21(23)28-16/h3-4,7-9H,5-6,10-11H2,1-2H3/b16-8+. The fourth-order valence-electron chi connectivity index (χ4n) is 3.53. The zero-order valence-electron chi connectivity index (χ0n) is 15.6. The van der Waals surface area contributed by atoms with E-state index >= 15 is 0 Å². The largest absolute Gasteiger partial charge is 0.454 e. The molecule has 7 heteroatoms. The first-order valence-corrected chi connectivity index (χ1v) is 9.04. The maximum Gasteiger partial charge on any atom is 0.348 e. The summed E-state index contributed by atoms with van der Waals surface area (Å²) in [5.74, 6) is 2.50. The van der Waals surface area contributed by atoms with E-state index in [2.05, 4.69) is 4.90 Å². The van der Waals surface area contributed by atoms with Crippen LogP contribution in [0, 0.1) is 0 Å². The fourth-order valence-corrected chi connectivity index (χ4v) is 3.53. The summed E-state index contributed by atoms with van der Waals surface area (Å²) in [5.41, 5.74) is 3.14. The van der Waals surface area contributed by atoms with Crippen molar-refractivity contribution in [2.24, 2.45) is 0 Å². The minimum atomic E-state index is -0.431. The van der Waals surface area contributed by atoms with Crippen molar-refractivity contribution in [3.8, 4) is 23.0 Å². The third kappa shape index (κ3) is 2.75. The molecular formula is C21H19NO6. The van der Waals surface area contributed by atoms with E-state index in [9.17, 15) is 4.79 Å². The molecule has 0 bridgehead atoms. The topological polar surface area (TPSA) is 66.5 Å². The van der Waals surface area contributed by atoms with E-state index in [1.807, 2.05) is 38.4 Å². The lowest BCUT2D eigenvalue weighted by Gasteiger charge is -2.13. The van der Waals surface area contributed by atoms with E-state index in [1.165, 1.54) is 0 Å². The normalized spacial score (nSPS) is 17.4. The van der Waals surface area contributed by atoms with Crippen LogP contribution < -0.4 is 18.9 Å². The van der Waals surface area contributed by atoms with Crippen LogP contribution in [0.4, 0.5) is 0 Å². The van der Waals surface area contributed by atoms with Crippen LogP contribution in [0.15, 0.2) is 24.3 Å². The summed E-state index contributed by atoms with van der Waals surface area (Å²) in [5, 5.41) is 0. The number of ether oxygens (including phenoxy) is 5. The van der Waals surface area contributed by atoms with Gasteiger partial charge in [0.1, 0.15) is 11.3 Å². The number of benzene rings is 2. The first kappa shape index (κ1) is 16.9. The Labute approximate surface area is 162 Å². The van der Waals surface area contributed by atoms with Gasteiger partial charge in [-0.3, -0.25) is 0 Å². The van der Waals surface area contributed by atoms with Gasteiger partial charge in [0, 0.05) is 12.1 Å². The second-order valence-corrected chi connectivity index (χ2v) is 7.08. The van der Waals surface area contributed by atoms with Crippen LogP contribution >= 0.6 is 0 Å². The SMILES string of the molecule is CN(C)CCc1cc2c(cc1/C=C1/OC(=O)c3c1ccc1c3OCO1)OCO2. The summed E-state index contributed by atoms with van der Waals surface area (Å²) >= 11 is 0. The Morgan fingerprint density at radius 3 is 2.57 bits per heavy atom. The number of carbonyl (C=O) groups excluding carboxylic acids is 1. The number of esters is 1. The number of hydrogen-bond donors (Lipinski definition) is 0. The van der Waals surface area contributed by atoms with Gasteiger partial charge in [0.2, 0.25) is 13.6 Å². The predicted octanol–water partition coefficient (Wildman–Crippen LogP) is 2.92. The zero-order chi connectivity index (χ0) is 19.3. The Hall–Kier alpha value is -3.19. The van der Waals surface area contributed by atoms with Crippen molar-refractivity contribution in [1.29, 1.82) is 0 Å². The summed E-state index contributed by atoms with van der Waals surface area (Å²) in [6.07, 6.45) is 2.70. The van der Waals surface area contributed by atoms with Crippen molar-refractivity contribution in [3.05, 3.63) is 46.5 Å². The van der Waals surface area contributed by atoms with Crippen molar-refractivity contribution in [1.82, 2.24) is 4.90 Å². The number of fused-ring (bicyclic) bond motifs is 4. The molecule has 144 valence electrons. The quantitative estimate of drug-likeness (QED) is 0.755. The highest BCUT2D eigenvalue weighted by molar-refractivity contribution is 6.08. The molecule has 28 heavy (non-hydrogen) atoms.